The van der Waals surface area contributed by atoms with Gasteiger partial charge in [-0.1, -0.05) is 24.3 Å². The van der Waals surface area contributed by atoms with Gasteiger partial charge in [0.25, 0.3) is 0 Å². The van der Waals surface area contributed by atoms with Crippen molar-refractivity contribution in [3.8, 4) is 0 Å². The predicted molar refractivity (Wildman–Crippen MR) is 112 cm³/mol. The van der Waals surface area contributed by atoms with E-state index in [9.17, 15) is 13.6 Å². The highest BCUT2D eigenvalue weighted by Crippen LogP contribution is 2.30. The Kier molecular flexibility index (Phi) is 7.90. The average molecular weight is 418 g/mol. The summed E-state index contributed by atoms with van der Waals surface area (Å²) < 4.78 is 31.9. The molecule has 5 nitrogen and oxygen atoms in total. The molecule has 7 heteroatoms. The number of halogens is 2. The van der Waals surface area contributed by atoms with Crippen molar-refractivity contribution in [3.05, 3.63) is 71.3 Å². The molecular weight excluding hydrogens is 388 g/mol. The molecular formula is C23H29F2N3O2. The van der Waals surface area contributed by atoms with Crippen LogP contribution in [0.15, 0.2) is 48.5 Å². The molecule has 1 aliphatic heterocycles. The van der Waals surface area contributed by atoms with Crippen molar-refractivity contribution >= 4 is 5.91 Å². The van der Waals surface area contributed by atoms with Crippen molar-refractivity contribution in [3.63, 3.8) is 0 Å². The van der Waals surface area contributed by atoms with Crippen molar-refractivity contribution in [1.29, 1.82) is 0 Å². The number of nitrogens with zero attached hydrogens (tertiary/aromatic N) is 2. The molecule has 1 N–H and O–H groups in total. The fourth-order valence-corrected chi connectivity index (χ4v) is 3.90. The molecule has 1 amide bonds. The molecule has 1 heterocycles. The van der Waals surface area contributed by atoms with Gasteiger partial charge in [0.1, 0.15) is 11.6 Å². The quantitative estimate of drug-likeness (QED) is 0.718. The van der Waals surface area contributed by atoms with Gasteiger partial charge in [-0.2, -0.15) is 0 Å². The summed E-state index contributed by atoms with van der Waals surface area (Å²) in [4.78, 5) is 16.6. The maximum Gasteiger partial charge on any atom is 0.234 e. The molecule has 1 saturated heterocycles. The number of carbonyl (C=O) groups is 1. The number of rotatable bonds is 8. The van der Waals surface area contributed by atoms with E-state index in [1.54, 1.807) is 31.4 Å². The lowest BCUT2D eigenvalue weighted by molar-refractivity contribution is -0.123. The molecule has 0 aliphatic carbocycles. The van der Waals surface area contributed by atoms with Gasteiger partial charge in [0.15, 0.2) is 0 Å². The Morgan fingerprint density at radius 1 is 0.967 bits per heavy atom. The second-order valence-corrected chi connectivity index (χ2v) is 7.74. The number of methoxy groups -OCH3 is 1. The first kappa shape index (κ1) is 22.3. The summed E-state index contributed by atoms with van der Waals surface area (Å²) in [5.74, 6) is -0.577. The lowest BCUT2D eigenvalue weighted by Gasteiger charge is -2.39. The highest BCUT2D eigenvalue weighted by molar-refractivity contribution is 5.78. The van der Waals surface area contributed by atoms with Crippen molar-refractivity contribution in [2.24, 2.45) is 0 Å². The molecule has 1 unspecified atom stereocenters. The van der Waals surface area contributed by atoms with Crippen LogP contribution in [0.4, 0.5) is 8.78 Å². The van der Waals surface area contributed by atoms with Crippen LogP contribution in [-0.2, 0) is 9.53 Å². The minimum atomic E-state index is -0.282. The second-order valence-electron chi connectivity index (χ2n) is 7.74. The first-order valence-corrected chi connectivity index (χ1v) is 10.2. The summed E-state index contributed by atoms with van der Waals surface area (Å²) >= 11 is 0. The van der Waals surface area contributed by atoms with Gasteiger partial charge in [0, 0.05) is 39.3 Å². The maximum atomic E-state index is 13.4. The summed E-state index contributed by atoms with van der Waals surface area (Å²) in [5, 5.41) is 2.93. The number of carbonyl (C=O) groups excluding carboxylic acids is 1. The third kappa shape index (κ3) is 6.08. The molecule has 0 aromatic heterocycles. The van der Waals surface area contributed by atoms with Crippen LogP contribution in [0.3, 0.4) is 0 Å². The fourth-order valence-electron chi connectivity index (χ4n) is 3.90. The molecule has 1 fully saturated rings. The van der Waals surface area contributed by atoms with Crippen LogP contribution in [-0.4, -0.2) is 68.2 Å². The van der Waals surface area contributed by atoms with Crippen molar-refractivity contribution < 1.29 is 18.3 Å². The molecule has 162 valence electrons. The number of ether oxygens (including phenoxy) is 1. The van der Waals surface area contributed by atoms with Crippen LogP contribution in [0.5, 0.6) is 0 Å². The van der Waals surface area contributed by atoms with Gasteiger partial charge >= 0.3 is 0 Å². The van der Waals surface area contributed by atoms with Gasteiger partial charge in [0.2, 0.25) is 5.91 Å². The molecule has 2 aromatic rings. The Balaban J connectivity index is 1.66. The van der Waals surface area contributed by atoms with E-state index in [0.717, 1.165) is 37.3 Å². The Morgan fingerprint density at radius 3 is 1.93 bits per heavy atom. The smallest absolute Gasteiger partial charge is 0.234 e. The summed E-state index contributed by atoms with van der Waals surface area (Å²) in [6, 6.07) is 12.8. The van der Waals surface area contributed by atoms with Gasteiger partial charge in [-0.15, -0.1) is 0 Å². The van der Waals surface area contributed by atoms with E-state index in [2.05, 4.69) is 15.1 Å². The van der Waals surface area contributed by atoms with E-state index in [1.165, 1.54) is 24.3 Å². The zero-order chi connectivity index (χ0) is 21.5. The third-order valence-electron chi connectivity index (χ3n) is 5.33. The predicted octanol–water partition coefficient (Wildman–Crippen LogP) is 2.82. The molecule has 2 aromatic carbocycles. The zero-order valence-corrected chi connectivity index (χ0v) is 17.5. The van der Waals surface area contributed by atoms with Crippen LogP contribution >= 0.6 is 0 Å². The number of benzene rings is 2. The first-order chi connectivity index (χ1) is 14.5. The van der Waals surface area contributed by atoms with E-state index in [4.69, 9.17) is 4.74 Å². The fraction of sp³-hybridized carbons (Fsp3) is 0.435. The van der Waals surface area contributed by atoms with Crippen LogP contribution in [0.2, 0.25) is 0 Å². The highest BCUT2D eigenvalue weighted by Gasteiger charge is 2.27. The van der Waals surface area contributed by atoms with Crippen molar-refractivity contribution in [2.75, 3.05) is 46.4 Å². The normalized spacial score (nSPS) is 16.6. The number of hydrogen-bond acceptors (Lipinski definition) is 4. The van der Waals surface area contributed by atoms with E-state index >= 15 is 0 Å². The van der Waals surface area contributed by atoms with Gasteiger partial charge in [0.05, 0.1) is 19.2 Å². The number of amides is 1. The minimum absolute atomic E-state index is 0.0124. The van der Waals surface area contributed by atoms with Crippen molar-refractivity contribution in [1.82, 2.24) is 15.1 Å². The lowest BCUT2D eigenvalue weighted by atomic mass is 9.96. The summed E-state index contributed by atoms with van der Waals surface area (Å²) in [6.07, 6.45) is 0. The molecule has 0 bridgehead atoms. The van der Waals surface area contributed by atoms with Gasteiger partial charge in [-0.3, -0.25) is 14.6 Å². The van der Waals surface area contributed by atoms with E-state index in [0.29, 0.717) is 13.2 Å². The van der Waals surface area contributed by atoms with Gasteiger partial charge in [-0.25, -0.2) is 8.78 Å². The minimum Gasteiger partial charge on any atom is -0.383 e. The first-order valence-electron chi connectivity index (χ1n) is 10.2. The van der Waals surface area contributed by atoms with Crippen LogP contribution in [0.1, 0.15) is 24.1 Å². The molecule has 0 radical (unpaired) electrons. The molecule has 1 aliphatic rings. The topological polar surface area (TPSA) is 44.8 Å². The highest BCUT2D eigenvalue weighted by atomic mass is 19.1. The molecule has 3 rings (SSSR count). The largest absolute Gasteiger partial charge is 0.383 e. The second kappa shape index (κ2) is 10.6. The summed E-state index contributed by atoms with van der Waals surface area (Å²) in [6.45, 7) is 5.72. The Hall–Kier alpha value is -2.35. The Labute approximate surface area is 176 Å². The molecule has 0 saturated carbocycles. The monoisotopic (exact) mass is 417 g/mol. The Bertz CT molecular complexity index is 761. The number of hydrogen-bond donors (Lipinski definition) is 1. The molecule has 1 atom stereocenters. The van der Waals surface area contributed by atoms with Crippen molar-refractivity contribution in [2.45, 2.75) is 19.0 Å². The maximum absolute atomic E-state index is 13.4. The zero-order valence-electron chi connectivity index (χ0n) is 17.5. The SMILES string of the molecule is COCC(C)NC(=O)CN1CCN(C(c2ccc(F)cc2)c2ccc(F)cc2)CC1. The van der Waals surface area contributed by atoms with Gasteiger partial charge in [-0.05, 0) is 42.3 Å². The molecule has 0 spiro atoms. The van der Waals surface area contributed by atoms with Gasteiger partial charge < -0.3 is 10.1 Å². The van der Waals surface area contributed by atoms with Crippen LogP contribution in [0.25, 0.3) is 0 Å². The molecule has 30 heavy (non-hydrogen) atoms. The van der Waals surface area contributed by atoms with E-state index in [1.807, 2.05) is 6.92 Å². The standard InChI is InChI=1S/C23H29F2N3O2/c1-17(16-30-2)26-22(29)15-27-11-13-28(14-12-27)23(18-3-7-20(24)8-4-18)19-5-9-21(25)10-6-19/h3-10,17,23H,11-16H2,1-2H3,(H,26,29). The van der Waals surface area contributed by atoms with Crippen LogP contribution < -0.4 is 5.32 Å². The van der Waals surface area contributed by atoms with E-state index in [-0.39, 0.29) is 29.6 Å². The third-order valence-corrected chi connectivity index (χ3v) is 5.33. The van der Waals surface area contributed by atoms with E-state index < -0.39 is 0 Å². The lowest BCUT2D eigenvalue weighted by Crippen LogP contribution is -2.51. The summed E-state index contributed by atoms with van der Waals surface area (Å²) in [5.41, 5.74) is 1.92. The number of nitrogens with one attached hydrogen (secondary N) is 1. The average Bonchev–Trinajstić information content (AvgIpc) is 2.72. The van der Waals surface area contributed by atoms with Crippen LogP contribution in [0, 0.1) is 11.6 Å². The Morgan fingerprint density at radius 2 is 1.47 bits per heavy atom. The number of piperazine rings is 1. The summed E-state index contributed by atoms with van der Waals surface area (Å²) in [7, 11) is 1.61.